The summed E-state index contributed by atoms with van der Waals surface area (Å²) in [5.41, 5.74) is 0.355. The van der Waals surface area contributed by atoms with Gasteiger partial charge in [0.25, 0.3) is 5.52 Å². The van der Waals surface area contributed by atoms with E-state index in [0.29, 0.717) is 11.9 Å². The van der Waals surface area contributed by atoms with Gasteiger partial charge in [-0.1, -0.05) is 61.5 Å². The van der Waals surface area contributed by atoms with Gasteiger partial charge in [0.1, 0.15) is 15.9 Å². The fraction of sp³-hybridized carbons (Fsp3) is 0.136. The molecule has 0 spiro atoms. The quantitative estimate of drug-likeness (QED) is 0.526. The Hall–Kier alpha value is -1.76. The molecule has 3 aromatic carbocycles. The Kier molecular flexibility index (Phi) is 7.11. The van der Waals surface area contributed by atoms with E-state index in [4.69, 9.17) is 0 Å². The zero-order chi connectivity index (χ0) is 16.8. The molecule has 0 aromatic heterocycles. The molecule has 3 heteroatoms. The lowest BCUT2D eigenvalue weighted by molar-refractivity contribution is -0.111. The van der Waals surface area contributed by atoms with Gasteiger partial charge in [-0.05, 0) is 42.8 Å². The summed E-state index contributed by atoms with van der Waals surface area (Å²) in [5, 5.41) is 3.42. The van der Waals surface area contributed by atoms with Gasteiger partial charge in [0.05, 0.1) is 0 Å². The molecule has 0 bridgehead atoms. The Morgan fingerprint density at radius 2 is 1.00 bits per heavy atom. The van der Waals surface area contributed by atoms with Crippen molar-refractivity contribution in [2.45, 2.75) is 19.8 Å². The molecule has 0 unspecified atom stereocenters. The minimum Gasteiger partial charge on any atom is -0.252 e. The van der Waals surface area contributed by atoms with Crippen LogP contribution in [-0.4, -0.2) is 5.52 Å². The van der Waals surface area contributed by atoms with Crippen LogP contribution in [0.15, 0.2) is 91.0 Å². The molecule has 3 rings (SSSR count). The Labute approximate surface area is 161 Å². The zero-order valence-corrected chi connectivity index (χ0v) is 16.9. The highest BCUT2D eigenvalue weighted by atomic mass is 79.9. The van der Waals surface area contributed by atoms with Crippen LogP contribution in [-0.2, 0) is 4.79 Å². The summed E-state index contributed by atoms with van der Waals surface area (Å²) in [7, 11) is -2.30. The highest BCUT2D eigenvalue weighted by molar-refractivity contribution is 8.93. The van der Waals surface area contributed by atoms with Crippen molar-refractivity contribution in [2.24, 2.45) is 0 Å². The lowest BCUT2D eigenvalue weighted by atomic mass is 10.3. The summed E-state index contributed by atoms with van der Waals surface area (Å²) in [5.74, 6) is 0. The van der Waals surface area contributed by atoms with Crippen molar-refractivity contribution in [3.8, 4) is 0 Å². The van der Waals surface area contributed by atoms with Crippen LogP contribution < -0.4 is 15.9 Å². The second-order valence-corrected chi connectivity index (χ2v) is 9.21. The molecule has 0 saturated carbocycles. The van der Waals surface area contributed by atoms with E-state index in [2.05, 4.69) is 43.3 Å². The minimum atomic E-state index is -2.30. The molecule has 0 amide bonds. The highest BCUT2D eigenvalue weighted by Gasteiger charge is 2.52. The normalized spacial score (nSPS) is 10.8. The smallest absolute Gasteiger partial charge is 0.252 e. The van der Waals surface area contributed by atoms with Gasteiger partial charge in [0, 0.05) is 6.42 Å². The molecule has 0 N–H and O–H groups in total. The molecule has 0 aliphatic heterocycles. The van der Waals surface area contributed by atoms with Crippen molar-refractivity contribution in [3.63, 3.8) is 0 Å². The van der Waals surface area contributed by atoms with Crippen LogP contribution in [0.3, 0.4) is 0 Å². The zero-order valence-electron chi connectivity index (χ0n) is 14.3. The fourth-order valence-electron chi connectivity index (χ4n) is 3.22. The lowest BCUT2D eigenvalue weighted by Gasteiger charge is -2.25. The van der Waals surface area contributed by atoms with Crippen LogP contribution in [0.4, 0.5) is 0 Å². The second kappa shape index (κ2) is 9.08. The van der Waals surface area contributed by atoms with Crippen LogP contribution in [0.25, 0.3) is 0 Å². The minimum absolute atomic E-state index is 0. The highest BCUT2D eigenvalue weighted by Crippen LogP contribution is 2.57. The first-order valence-corrected chi connectivity index (χ1v) is 10.2. The number of halogens is 1. The molecular formula is C22H23BrOP+. The fourth-order valence-corrected chi connectivity index (χ4v) is 7.39. The molecule has 0 saturated heterocycles. The first-order chi connectivity index (χ1) is 11.8. The van der Waals surface area contributed by atoms with E-state index in [1.165, 1.54) is 0 Å². The van der Waals surface area contributed by atoms with Crippen LogP contribution in [0.5, 0.6) is 0 Å². The summed E-state index contributed by atoms with van der Waals surface area (Å²) >= 11 is 0. The summed E-state index contributed by atoms with van der Waals surface area (Å²) in [4.78, 5) is 13.5. The molecule has 1 nitrogen and oxygen atoms in total. The van der Waals surface area contributed by atoms with E-state index in [1.54, 1.807) is 0 Å². The number of rotatable bonds is 6. The van der Waals surface area contributed by atoms with Crippen LogP contribution in [0, 0.1) is 0 Å². The SMILES string of the molecule is Br.CCCC(=O)[P+](c1ccccc1)(c1ccccc1)c1ccccc1. The number of carbonyl (C=O) groups excluding carboxylic acids is 1. The average Bonchev–Trinajstić information content (AvgIpc) is 2.65. The average molecular weight is 414 g/mol. The van der Waals surface area contributed by atoms with Crippen molar-refractivity contribution < 1.29 is 4.79 Å². The molecular weight excluding hydrogens is 391 g/mol. The van der Waals surface area contributed by atoms with Gasteiger partial charge in [-0.15, -0.1) is 17.0 Å². The molecule has 0 heterocycles. The molecule has 128 valence electrons. The van der Waals surface area contributed by atoms with Crippen LogP contribution >= 0.6 is 24.2 Å². The summed E-state index contributed by atoms with van der Waals surface area (Å²) in [6.45, 7) is 2.08. The summed E-state index contributed by atoms with van der Waals surface area (Å²) in [6, 6.07) is 30.9. The van der Waals surface area contributed by atoms with Crippen LogP contribution in [0.2, 0.25) is 0 Å². The van der Waals surface area contributed by atoms with E-state index in [-0.39, 0.29) is 17.0 Å². The molecule has 25 heavy (non-hydrogen) atoms. The maximum Gasteiger partial charge on any atom is 0.283 e. The standard InChI is InChI=1S/C22H22OP.BrH/c1-2-12-22(23)24(19-13-6-3-7-14-19,20-15-8-4-9-16-20)21-17-10-5-11-18-21;/h3-11,13-18H,2,12H2,1H3;1H/q+1;. The maximum absolute atomic E-state index is 13.5. The molecule has 0 atom stereocenters. The van der Waals surface area contributed by atoms with E-state index in [0.717, 1.165) is 22.3 Å². The van der Waals surface area contributed by atoms with Crippen molar-refractivity contribution in [2.75, 3.05) is 0 Å². The lowest BCUT2D eigenvalue weighted by Crippen LogP contribution is -2.36. The first kappa shape index (κ1) is 19.6. The monoisotopic (exact) mass is 413 g/mol. The Morgan fingerprint density at radius 3 is 1.28 bits per heavy atom. The third kappa shape index (κ3) is 3.76. The predicted molar refractivity (Wildman–Crippen MR) is 115 cm³/mol. The number of hydrogen-bond donors (Lipinski definition) is 0. The van der Waals surface area contributed by atoms with Gasteiger partial charge < -0.3 is 0 Å². The summed E-state index contributed by atoms with van der Waals surface area (Å²) in [6.07, 6.45) is 1.47. The van der Waals surface area contributed by atoms with Gasteiger partial charge in [0.2, 0.25) is 0 Å². The summed E-state index contributed by atoms with van der Waals surface area (Å²) < 4.78 is 0. The van der Waals surface area contributed by atoms with Crippen LogP contribution in [0.1, 0.15) is 19.8 Å². The van der Waals surface area contributed by atoms with Crippen molar-refractivity contribution >= 4 is 45.7 Å². The van der Waals surface area contributed by atoms with E-state index < -0.39 is 7.26 Å². The third-order valence-corrected chi connectivity index (χ3v) is 8.46. The maximum atomic E-state index is 13.5. The van der Waals surface area contributed by atoms with Gasteiger partial charge >= 0.3 is 0 Å². The Morgan fingerprint density at radius 1 is 0.680 bits per heavy atom. The van der Waals surface area contributed by atoms with Gasteiger partial charge in [-0.2, -0.15) is 0 Å². The van der Waals surface area contributed by atoms with E-state index >= 15 is 0 Å². The van der Waals surface area contributed by atoms with E-state index in [9.17, 15) is 4.79 Å². The largest absolute Gasteiger partial charge is 0.283 e. The van der Waals surface area contributed by atoms with Gasteiger partial charge in [0.15, 0.2) is 7.26 Å². The third-order valence-electron chi connectivity index (χ3n) is 4.27. The van der Waals surface area contributed by atoms with Gasteiger partial charge in [-0.3, -0.25) is 4.79 Å². The number of hydrogen-bond acceptors (Lipinski definition) is 1. The Balaban J connectivity index is 0.00000225. The first-order valence-electron chi connectivity index (χ1n) is 8.39. The number of benzene rings is 3. The molecule has 3 aromatic rings. The number of carbonyl (C=O) groups is 1. The van der Waals surface area contributed by atoms with Gasteiger partial charge in [-0.25, -0.2) is 0 Å². The molecule has 0 aliphatic carbocycles. The van der Waals surface area contributed by atoms with Crippen molar-refractivity contribution in [3.05, 3.63) is 91.0 Å². The topological polar surface area (TPSA) is 17.1 Å². The second-order valence-electron chi connectivity index (χ2n) is 5.82. The predicted octanol–water partition coefficient (Wildman–Crippen LogP) is 4.89. The van der Waals surface area contributed by atoms with E-state index in [1.807, 2.05) is 54.6 Å². The van der Waals surface area contributed by atoms with Crippen molar-refractivity contribution in [1.29, 1.82) is 0 Å². The molecule has 0 aliphatic rings. The molecule has 0 radical (unpaired) electrons. The van der Waals surface area contributed by atoms with Crippen molar-refractivity contribution in [1.82, 2.24) is 0 Å². The molecule has 0 fully saturated rings. The Bertz CT molecular complexity index is 691.